The lowest BCUT2D eigenvalue weighted by Gasteiger charge is -2.32. The van der Waals surface area contributed by atoms with Crippen LogP contribution in [0.3, 0.4) is 0 Å². The zero-order chi connectivity index (χ0) is 22.6. The van der Waals surface area contributed by atoms with Crippen LogP contribution < -0.4 is 9.81 Å². The van der Waals surface area contributed by atoms with Gasteiger partial charge in [-0.15, -0.1) is 0 Å². The zero-order valence-corrected chi connectivity index (χ0v) is 14.5. The van der Waals surface area contributed by atoms with E-state index < -0.39 is 50.4 Å². The lowest BCUT2D eigenvalue weighted by atomic mass is 10.1. The maximum absolute atomic E-state index is 13.7. The normalized spacial score (nSPS) is 14.3. The van der Waals surface area contributed by atoms with Crippen molar-refractivity contribution in [1.29, 1.82) is 0 Å². The van der Waals surface area contributed by atoms with Crippen LogP contribution in [0.1, 0.15) is 5.56 Å². The van der Waals surface area contributed by atoms with Crippen LogP contribution in [0.25, 0.3) is 11.0 Å². The molecule has 0 aliphatic rings. The van der Waals surface area contributed by atoms with Gasteiger partial charge in [0.15, 0.2) is 0 Å². The van der Waals surface area contributed by atoms with Gasteiger partial charge in [-0.05, 0) is 24.6 Å². The minimum absolute atomic E-state index is 0.104. The topological polar surface area (TPSA) is 73.6 Å². The molecular formula is C14H7F9O5S. The molecule has 0 fully saturated rings. The Bertz CT molecular complexity index is 1100. The predicted molar refractivity (Wildman–Crippen MR) is 77.7 cm³/mol. The maximum Gasteiger partial charge on any atom is 0.460 e. The van der Waals surface area contributed by atoms with Crippen LogP contribution in [0.5, 0.6) is 5.75 Å². The Labute approximate surface area is 154 Å². The molecule has 0 spiro atoms. The number of rotatable bonds is 5. The predicted octanol–water partition coefficient (Wildman–Crippen LogP) is 4.24. The fourth-order valence-electron chi connectivity index (χ4n) is 1.99. The van der Waals surface area contributed by atoms with Crippen molar-refractivity contribution < 1.29 is 56.5 Å². The fourth-order valence-corrected chi connectivity index (χ4v) is 2.95. The molecule has 1 aromatic heterocycles. The Hall–Kier alpha value is -2.45. The molecule has 2 aromatic rings. The van der Waals surface area contributed by atoms with Gasteiger partial charge in [-0.3, -0.25) is 0 Å². The van der Waals surface area contributed by atoms with Gasteiger partial charge >= 0.3 is 39.0 Å². The van der Waals surface area contributed by atoms with Crippen LogP contribution in [-0.4, -0.2) is 31.7 Å². The van der Waals surface area contributed by atoms with Crippen LogP contribution in [0.2, 0.25) is 0 Å². The molecule has 5 nitrogen and oxygen atoms in total. The molecule has 0 saturated carbocycles. The number of hydrogen-bond donors (Lipinski definition) is 0. The highest BCUT2D eigenvalue weighted by Gasteiger charge is 2.86. The maximum atomic E-state index is 13.7. The van der Waals surface area contributed by atoms with E-state index in [4.69, 9.17) is 0 Å². The second kappa shape index (κ2) is 6.53. The van der Waals surface area contributed by atoms with Crippen molar-refractivity contribution in [2.75, 3.05) is 0 Å². The Kier molecular flexibility index (Phi) is 5.14. The van der Waals surface area contributed by atoms with E-state index in [-0.39, 0.29) is 10.9 Å². The third-order valence-corrected chi connectivity index (χ3v) is 4.83. The SMILES string of the molecule is Cc1cc2ccc(=O)oc2cc1OS(=O)(=O)C(F)(F)C(F)(F)C(F)(F)C(F)(F)F. The Morgan fingerprint density at radius 3 is 1.97 bits per heavy atom. The van der Waals surface area contributed by atoms with E-state index in [0.29, 0.717) is 6.07 Å². The summed E-state index contributed by atoms with van der Waals surface area (Å²) in [5.41, 5.74) is -1.79. The minimum atomic E-state index is -7.42. The van der Waals surface area contributed by atoms with Crippen LogP contribution in [0, 0.1) is 6.92 Å². The zero-order valence-electron chi connectivity index (χ0n) is 13.7. The number of halogens is 9. The minimum Gasteiger partial charge on any atom is -0.423 e. The molecular weight excluding hydrogens is 451 g/mol. The van der Waals surface area contributed by atoms with Crippen LogP contribution in [0.4, 0.5) is 39.5 Å². The molecule has 0 aliphatic carbocycles. The Balaban J connectivity index is 2.56. The molecule has 1 aromatic carbocycles. The summed E-state index contributed by atoms with van der Waals surface area (Å²) < 4.78 is 148. The van der Waals surface area contributed by atoms with Gasteiger partial charge in [0.2, 0.25) is 0 Å². The average molecular weight is 458 g/mol. The van der Waals surface area contributed by atoms with Crippen molar-refractivity contribution >= 4 is 21.1 Å². The highest BCUT2D eigenvalue weighted by molar-refractivity contribution is 7.88. The molecule has 15 heteroatoms. The first-order valence-corrected chi connectivity index (χ1v) is 8.45. The van der Waals surface area contributed by atoms with Crippen molar-refractivity contribution in [2.24, 2.45) is 0 Å². The number of alkyl halides is 9. The number of hydrogen-bond acceptors (Lipinski definition) is 5. The largest absolute Gasteiger partial charge is 0.460 e. The number of benzene rings is 1. The van der Waals surface area contributed by atoms with E-state index in [1.54, 1.807) is 0 Å². The lowest BCUT2D eigenvalue weighted by Crippen LogP contribution is -2.63. The summed E-state index contributed by atoms with van der Waals surface area (Å²) in [5, 5.41) is -6.90. The smallest absolute Gasteiger partial charge is 0.423 e. The van der Waals surface area contributed by atoms with Crippen molar-refractivity contribution in [3.8, 4) is 5.75 Å². The van der Waals surface area contributed by atoms with Gasteiger partial charge in [-0.1, -0.05) is 0 Å². The summed E-state index contributed by atoms with van der Waals surface area (Å²) in [6.45, 7) is 1.01. The third kappa shape index (κ3) is 3.51. The van der Waals surface area contributed by atoms with E-state index >= 15 is 0 Å². The van der Waals surface area contributed by atoms with Gasteiger partial charge in [0.1, 0.15) is 11.3 Å². The van der Waals surface area contributed by atoms with Crippen molar-refractivity contribution in [2.45, 2.75) is 30.2 Å². The first-order chi connectivity index (χ1) is 12.8. The molecule has 0 radical (unpaired) electrons. The van der Waals surface area contributed by atoms with Crippen molar-refractivity contribution in [1.82, 2.24) is 0 Å². The van der Waals surface area contributed by atoms with Gasteiger partial charge in [0.25, 0.3) is 0 Å². The third-order valence-electron chi connectivity index (χ3n) is 3.55. The summed E-state index contributed by atoms with van der Waals surface area (Å²) in [4.78, 5) is 11.1. The second-order valence-corrected chi connectivity index (χ2v) is 7.20. The van der Waals surface area contributed by atoms with Gasteiger partial charge in [-0.2, -0.15) is 47.9 Å². The summed E-state index contributed by atoms with van der Waals surface area (Å²) in [6.07, 6.45) is -7.20. The van der Waals surface area contributed by atoms with Crippen molar-refractivity contribution in [3.63, 3.8) is 0 Å². The molecule has 2 rings (SSSR count). The molecule has 0 atom stereocenters. The molecule has 29 heavy (non-hydrogen) atoms. The van der Waals surface area contributed by atoms with Gasteiger partial charge < -0.3 is 8.60 Å². The first-order valence-electron chi connectivity index (χ1n) is 7.04. The first kappa shape index (κ1) is 22.8. The number of aryl methyl sites for hydroxylation is 1. The van der Waals surface area contributed by atoms with Crippen LogP contribution in [0.15, 0.2) is 33.5 Å². The summed E-state index contributed by atoms with van der Waals surface area (Å²) in [5.74, 6) is -16.0. The van der Waals surface area contributed by atoms with Gasteiger partial charge in [-0.25, -0.2) is 4.79 Å². The Morgan fingerprint density at radius 1 is 0.897 bits per heavy atom. The molecule has 0 unspecified atom stereocenters. The highest BCUT2D eigenvalue weighted by atomic mass is 32.2. The van der Waals surface area contributed by atoms with Gasteiger partial charge in [0.05, 0.1) is 0 Å². The lowest BCUT2D eigenvalue weighted by molar-refractivity contribution is -0.382. The molecule has 0 amide bonds. The standard InChI is InChI=1S/C14H7F9O5S/c1-6-4-7-2-3-10(24)27-9(7)5-8(6)28-29(25,26)14(22,23)12(17,18)11(15,16)13(19,20)21/h2-5H,1H3. The average Bonchev–Trinajstić information content (AvgIpc) is 2.54. The van der Waals surface area contributed by atoms with E-state index in [1.165, 1.54) is 0 Å². The Morgan fingerprint density at radius 2 is 1.45 bits per heavy atom. The molecule has 0 aliphatic heterocycles. The van der Waals surface area contributed by atoms with Crippen molar-refractivity contribution in [3.05, 3.63) is 40.2 Å². The highest BCUT2D eigenvalue weighted by Crippen LogP contribution is 2.55. The van der Waals surface area contributed by atoms with Crippen LogP contribution >= 0.6 is 0 Å². The monoisotopic (exact) mass is 458 g/mol. The molecule has 0 bridgehead atoms. The molecule has 0 saturated heterocycles. The van der Waals surface area contributed by atoms with E-state index in [2.05, 4.69) is 8.60 Å². The molecule has 0 N–H and O–H groups in total. The van der Waals surface area contributed by atoms with E-state index in [9.17, 15) is 52.7 Å². The summed E-state index contributed by atoms with van der Waals surface area (Å²) in [6, 6.07) is 3.55. The molecule has 162 valence electrons. The quantitative estimate of drug-likeness (QED) is 0.381. The summed E-state index contributed by atoms with van der Waals surface area (Å²) in [7, 11) is -7.10. The van der Waals surface area contributed by atoms with E-state index in [0.717, 1.165) is 25.1 Å². The summed E-state index contributed by atoms with van der Waals surface area (Å²) >= 11 is 0. The molecule has 1 heterocycles. The van der Waals surface area contributed by atoms with Gasteiger partial charge in [0, 0.05) is 17.5 Å². The van der Waals surface area contributed by atoms with E-state index in [1.807, 2.05) is 0 Å². The van der Waals surface area contributed by atoms with Crippen LogP contribution in [-0.2, 0) is 10.1 Å². The number of fused-ring (bicyclic) bond motifs is 1. The second-order valence-electron chi connectivity index (χ2n) is 5.61. The fraction of sp³-hybridized carbons (Fsp3) is 0.357.